The SMILES string of the molecule is Cc1cc(C(=O)CSc2nc3cc4ccccc4cc3c(=O)n2C)c(C)n1C(C)C. The van der Waals surface area contributed by atoms with E-state index in [0.717, 1.165) is 27.7 Å². The highest BCUT2D eigenvalue weighted by Gasteiger charge is 2.18. The van der Waals surface area contributed by atoms with Gasteiger partial charge in [-0.1, -0.05) is 36.0 Å². The number of hydrogen-bond donors (Lipinski definition) is 0. The second kappa shape index (κ2) is 7.76. The second-order valence-electron chi connectivity index (χ2n) is 7.94. The first-order chi connectivity index (χ1) is 14.3. The zero-order valence-corrected chi connectivity index (χ0v) is 18.7. The van der Waals surface area contributed by atoms with Gasteiger partial charge in [0.1, 0.15) is 0 Å². The number of fused-ring (bicyclic) bond motifs is 2. The Hall–Kier alpha value is -2.86. The first-order valence-electron chi connectivity index (χ1n) is 10.0. The molecule has 6 heteroatoms. The molecule has 2 aromatic carbocycles. The van der Waals surface area contributed by atoms with Crippen molar-refractivity contribution in [1.82, 2.24) is 14.1 Å². The van der Waals surface area contributed by atoms with E-state index in [2.05, 4.69) is 18.4 Å². The Morgan fingerprint density at radius 2 is 1.77 bits per heavy atom. The normalized spacial score (nSPS) is 11.7. The topological polar surface area (TPSA) is 56.9 Å². The summed E-state index contributed by atoms with van der Waals surface area (Å²) in [5.74, 6) is 0.287. The molecule has 0 atom stereocenters. The number of carbonyl (C=O) groups is 1. The average molecular weight is 420 g/mol. The standard InChI is InChI=1S/C24H25N3O2S/c1-14(2)27-15(3)10-19(16(27)4)22(28)13-30-24-25-21-12-18-9-7-6-8-17(18)11-20(21)23(29)26(24)5/h6-12,14H,13H2,1-5H3. The lowest BCUT2D eigenvalue weighted by Gasteiger charge is -2.13. The van der Waals surface area contributed by atoms with Crippen molar-refractivity contribution in [2.24, 2.45) is 7.05 Å². The molecule has 2 heterocycles. The van der Waals surface area contributed by atoms with E-state index in [1.54, 1.807) is 7.05 Å². The summed E-state index contributed by atoms with van der Waals surface area (Å²) in [7, 11) is 1.71. The van der Waals surface area contributed by atoms with Crippen molar-refractivity contribution in [2.45, 2.75) is 38.9 Å². The molecule has 154 valence electrons. The summed E-state index contributed by atoms with van der Waals surface area (Å²) in [6, 6.07) is 14.0. The fraction of sp³-hybridized carbons (Fsp3) is 0.292. The summed E-state index contributed by atoms with van der Waals surface area (Å²) in [4.78, 5) is 30.5. The van der Waals surface area contributed by atoms with Crippen LogP contribution in [-0.4, -0.2) is 25.7 Å². The van der Waals surface area contributed by atoms with E-state index >= 15 is 0 Å². The van der Waals surface area contributed by atoms with Crippen LogP contribution in [0.5, 0.6) is 0 Å². The maximum Gasteiger partial charge on any atom is 0.261 e. The lowest BCUT2D eigenvalue weighted by molar-refractivity contribution is 0.102. The third-order valence-corrected chi connectivity index (χ3v) is 6.57. The number of aromatic nitrogens is 3. The van der Waals surface area contributed by atoms with Gasteiger partial charge in [0.25, 0.3) is 5.56 Å². The molecule has 0 N–H and O–H groups in total. The number of hydrogen-bond acceptors (Lipinski definition) is 4. The molecule has 5 nitrogen and oxygen atoms in total. The molecule has 0 fully saturated rings. The van der Waals surface area contributed by atoms with Crippen molar-refractivity contribution in [3.8, 4) is 0 Å². The van der Waals surface area contributed by atoms with Gasteiger partial charge in [-0.3, -0.25) is 14.2 Å². The summed E-state index contributed by atoms with van der Waals surface area (Å²) in [5, 5.41) is 3.19. The number of Topliss-reactive ketones (excluding diaryl/α,β-unsaturated/α-hetero) is 1. The Labute approximate surface area is 179 Å². The maximum atomic E-state index is 12.9. The van der Waals surface area contributed by atoms with Crippen LogP contribution in [0.25, 0.3) is 21.7 Å². The van der Waals surface area contributed by atoms with Crippen LogP contribution in [0.1, 0.15) is 41.6 Å². The zero-order chi connectivity index (χ0) is 21.6. The Balaban J connectivity index is 1.66. The minimum Gasteiger partial charge on any atom is -0.346 e. The van der Waals surface area contributed by atoms with Gasteiger partial charge >= 0.3 is 0 Å². The van der Waals surface area contributed by atoms with Crippen molar-refractivity contribution in [3.05, 3.63) is 69.8 Å². The van der Waals surface area contributed by atoms with Crippen LogP contribution in [0, 0.1) is 13.8 Å². The third-order valence-electron chi connectivity index (χ3n) is 5.54. The first kappa shape index (κ1) is 20.4. The van der Waals surface area contributed by atoms with E-state index in [1.165, 1.54) is 16.3 Å². The molecule has 0 saturated carbocycles. The third kappa shape index (κ3) is 3.45. The Kier molecular flexibility index (Phi) is 5.28. The van der Waals surface area contributed by atoms with Crippen molar-refractivity contribution in [2.75, 3.05) is 5.75 Å². The van der Waals surface area contributed by atoms with Crippen LogP contribution in [0.2, 0.25) is 0 Å². The molecule has 0 spiro atoms. The molecule has 4 rings (SSSR count). The fourth-order valence-corrected chi connectivity index (χ4v) is 4.98. The van der Waals surface area contributed by atoms with Crippen molar-refractivity contribution >= 4 is 39.2 Å². The van der Waals surface area contributed by atoms with Crippen LogP contribution < -0.4 is 5.56 Å². The molecule has 0 aliphatic heterocycles. The molecule has 0 unspecified atom stereocenters. The van der Waals surface area contributed by atoms with Gasteiger partial charge in [-0.25, -0.2) is 4.98 Å². The van der Waals surface area contributed by atoms with Gasteiger partial charge in [0, 0.05) is 30.0 Å². The minimum atomic E-state index is -0.0984. The van der Waals surface area contributed by atoms with E-state index in [1.807, 2.05) is 56.3 Å². The van der Waals surface area contributed by atoms with Crippen LogP contribution in [-0.2, 0) is 7.05 Å². The van der Waals surface area contributed by atoms with Crippen LogP contribution in [0.3, 0.4) is 0 Å². The molecule has 30 heavy (non-hydrogen) atoms. The number of nitrogens with zero attached hydrogens (tertiary/aromatic N) is 3. The first-order valence-corrected chi connectivity index (χ1v) is 11.0. The summed E-state index contributed by atoms with van der Waals surface area (Å²) in [6.45, 7) is 8.23. The van der Waals surface area contributed by atoms with Crippen molar-refractivity contribution < 1.29 is 4.79 Å². The van der Waals surface area contributed by atoms with Crippen molar-refractivity contribution in [1.29, 1.82) is 0 Å². The summed E-state index contributed by atoms with van der Waals surface area (Å²) in [5.41, 5.74) is 3.37. The van der Waals surface area contributed by atoms with Gasteiger partial charge in [0.05, 0.1) is 16.7 Å². The van der Waals surface area contributed by atoms with Gasteiger partial charge in [-0.15, -0.1) is 0 Å². The molecule has 0 radical (unpaired) electrons. The van der Waals surface area contributed by atoms with E-state index < -0.39 is 0 Å². The van der Waals surface area contributed by atoms with Gasteiger partial charge < -0.3 is 4.57 Å². The van der Waals surface area contributed by atoms with Crippen LogP contribution >= 0.6 is 11.8 Å². The highest BCUT2D eigenvalue weighted by atomic mass is 32.2. The van der Waals surface area contributed by atoms with E-state index in [4.69, 9.17) is 4.98 Å². The summed E-state index contributed by atoms with van der Waals surface area (Å²) < 4.78 is 3.71. The number of thioether (sulfide) groups is 1. The van der Waals surface area contributed by atoms with E-state index in [-0.39, 0.29) is 17.1 Å². The largest absolute Gasteiger partial charge is 0.346 e. The lowest BCUT2D eigenvalue weighted by atomic mass is 10.1. The molecule has 0 amide bonds. The molecule has 0 aliphatic carbocycles. The predicted octanol–water partition coefficient (Wildman–Crippen LogP) is 5.06. The van der Waals surface area contributed by atoms with E-state index in [9.17, 15) is 9.59 Å². The number of carbonyl (C=O) groups excluding carboxylic acids is 1. The molecule has 2 aromatic heterocycles. The number of benzene rings is 2. The Morgan fingerprint density at radius 1 is 1.10 bits per heavy atom. The molecular weight excluding hydrogens is 394 g/mol. The van der Waals surface area contributed by atoms with Crippen LogP contribution in [0.4, 0.5) is 0 Å². The van der Waals surface area contributed by atoms with Gasteiger partial charge in [0.15, 0.2) is 10.9 Å². The molecule has 4 aromatic rings. The maximum absolute atomic E-state index is 12.9. The van der Waals surface area contributed by atoms with Gasteiger partial charge in [0.2, 0.25) is 0 Å². The van der Waals surface area contributed by atoms with Crippen molar-refractivity contribution in [3.63, 3.8) is 0 Å². The molecule has 0 aliphatic rings. The van der Waals surface area contributed by atoms with E-state index in [0.29, 0.717) is 22.1 Å². The molecule has 0 saturated heterocycles. The number of ketones is 1. The number of aryl methyl sites for hydroxylation is 1. The highest BCUT2D eigenvalue weighted by Crippen LogP contribution is 2.25. The number of rotatable bonds is 5. The summed E-state index contributed by atoms with van der Waals surface area (Å²) >= 11 is 1.31. The molecular formula is C24H25N3O2S. The Bertz CT molecular complexity index is 1350. The van der Waals surface area contributed by atoms with Crippen LogP contribution in [0.15, 0.2) is 52.4 Å². The zero-order valence-electron chi connectivity index (χ0n) is 17.9. The quantitative estimate of drug-likeness (QED) is 0.196. The predicted molar refractivity (Wildman–Crippen MR) is 124 cm³/mol. The smallest absolute Gasteiger partial charge is 0.261 e. The fourth-order valence-electron chi connectivity index (χ4n) is 4.13. The summed E-state index contributed by atoms with van der Waals surface area (Å²) in [6.07, 6.45) is 0. The monoisotopic (exact) mass is 419 g/mol. The van der Waals surface area contributed by atoms with Gasteiger partial charge in [-0.2, -0.15) is 0 Å². The minimum absolute atomic E-state index is 0.0489. The average Bonchev–Trinajstić information content (AvgIpc) is 3.02. The lowest BCUT2D eigenvalue weighted by Crippen LogP contribution is -2.20. The van der Waals surface area contributed by atoms with Gasteiger partial charge in [-0.05, 0) is 56.7 Å². The Morgan fingerprint density at radius 3 is 2.40 bits per heavy atom. The second-order valence-corrected chi connectivity index (χ2v) is 8.88. The molecule has 0 bridgehead atoms. The highest BCUT2D eigenvalue weighted by molar-refractivity contribution is 7.99.